The van der Waals surface area contributed by atoms with Crippen molar-refractivity contribution in [3.8, 4) is 0 Å². The SMILES string of the molecule is CCCNc1ccc([N+](=O)[O-])c(NC(C)CC(C)O)n1. The first-order valence-corrected chi connectivity index (χ1v) is 6.78. The van der Waals surface area contributed by atoms with Crippen molar-refractivity contribution in [2.45, 2.75) is 45.8 Å². The Hall–Kier alpha value is -1.89. The molecule has 0 aliphatic heterocycles. The van der Waals surface area contributed by atoms with E-state index in [4.69, 9.17) is 0 Å². The van der Waals surface area contributed by atoms with E-state index in [1.54, 1.807) is 13.0 Å². The van der Waals surface area contributed by atoms with Crippen molar-refractivity contribution in [1.29, 1.82) is 0 Å². The molecule has 3 N–H and O–H groups in total. The van der Waals surface area contributed by atoms with Crippen molar-refractivity contribution in [2.75, 3.05) is 17.2 Å². The lowest BCUT2D eigenvalue weighted by atomic mass is 10.1. The maximum absolute atomic E-state index is 11.0. The number of rotatable bonds is 8. The van der Waals surface area contributed by atoms with E-state index in [1.165, 1.54) is 6.07 Å². The Kier molecular flexibility index (Phi) is 6.17. The molecule has 2 atom stereocenters. The van der Waals surface area contributed by atoms with Gasteiger partial charge in [0.05, 0.1) is 11.0 Å². The van der Waals surface area contributed by atoms with E-state index < -0.39 is 11.0 Å². The topological polar surface area (TPSA) is 100 Å². The van der Waals surface area contributed by atoms with Crippen molar-refractivity contribution in [3.63, 3.8) is 0 Å². The van der Waals surface area contributed by atoms with Gasteiger partial charge in [0.1, 0.15) is 5.82 Å². The molecule has 1 heterocycles. The number of hydrogen-bond acceptors (Lipinski definition) is 6. The summed E-state index contributed by atoms with van der Waals surface area (Å²) in [6.07, 6.45) is 0.962. The molecule has 1 rings (SSSR count). The lowest BCUT2D eigenvalue weighted by Crippen LogP contribution is -2.22. The van der Waals surface area contributed by atoms with Crippen molar-refractivity contribution >= 4 is 17.3 Å². The van der Waals surface area contributed by atoms with E-state index in [2.05, 4.69) is 15.6 Å². The third-order valence-corrected chi connectivity index (χ3v) is 2.70. The summed E-state index contributed by atoms with van der Waals surface area (Å²) in [4.78, 5) is 14.8. The van der Waals surface area contributed by atoms with Gasteiger partial charge in [0.25, 0.3) is 0 Å². The number of aliphatic hydroxyl groups is 1. The van der Waals surface area contributed by atoms with Crippen molar-refractivity contribution in [2.24, 2.45) is 0 Å². The van der Waals surface area contributed by atoms with E-state index in [9.17, 15) is 15.2 Å². The minimum atomic E-state index is -0.474. The molecular formula is C13H22N4O3. The standard InChI is InChI=1S/C13H22N4O3/c1-4-7-14-12-6-5-11(17(19)20)13(16-12)15-9(2)8-10(3)18/h5-6,9-10,18H,4,7-8H2,1-3H3,(H2,14,15,16). The minimum absolute atomic E-state index is 0.0653. The van der Waals surface area contributed by atoms with E-state index in [0.29, 0.717) is 12.2 Å². The Labute approximate surface area is 118 Å². The third-order valence-electron chi connectivity index (χ3n) is 2.70. The number of hydrogen-bond donors (Lipinski definition) is 3. The van der Waals surface area contributed by atoms with Crippen LogP contribution in [0.25, 0.3) is 0 Å². The van der Waals surface area contributed by atoms with Gasteiger partial charge in [-0.1, -0.05) is 6.92 Å². The van der Waals surface area contributed by atoms with E-state index >= 15 is 0 Å². The number of nitro groups is 1. The van der Waals surface area contributed by atoms with Gasteiger partial charge in [-0.15, -0.1) is 0 Å². The Morgan fingerprint density at radius 2 is 2.15 bits per heavy atom. The van der Waals surface area contributed by atoms with Gasteiger partial charge in [-0.3, -0.25) is 10.1 Å². The molecule has 0 radical (unpaired) electrons. The fourth-order valence-electron chi connectivity index (χ4n) is 1.86. The molecule has 20 heavy (non-hydrogen) atoms. The number of nitrogens with zero attached hydrogens (tertiary/aromatic N) is 2. The Morgan fingerprint density at radius 3 is 2.70 bits per heavy atom. The van der Waals surface area contributed by atoms with E-state index in [1.807, 2.05) is 13.8 Å². The number of anilines is 2. The average molecular weight is 282 g/mol. The first-order chi connectivity index (χ1) is 9.43. The largest absolute Gasteiger partial charge is 0.393 e. The fourth-order valence-corrected chi connectivity index (χ4v) is 1.86. The lowest BCUT2D eigenvalue weighted by molar-refractivity contribution is -0.384. The number of aromatic nitrogens is 1. The highest BCUT2D eigenvalue weighted by atomic mass is 16.6. The molecule has 0 aliphatic rings. The van der Waals surface area contributed by atoms with Crippen LogP contribution < -0.4 is 10.6 Å². The summed E-state index contributed by atoms with van der Waals surface area (Å²) in [6.45, 7) is 6.32. The van der Waals surface area contributed by atoms with Crippen molar-refractivity contribution in [3.05, 3.63) is 22.2 Å². The smallest absolute Gasteiger partial charge is 0.311 e. The first-order valence-electron chi connectivity index (χ1n) is 6.78. The second-order valence-corrected chi connectivity index (χ2v) is 4.88. The zero-order valence-electron chi connectivity index (χ0n) is 12.1. The molecule has 112 valence electrons. The molecular weight excluding hydrogens is 260 g/mol. The van der Waals surface area contributed by atoms with Gasteiger partial charge in [0.15, 0.2) is 0 Å². The second-order valence-electron chi connectivity index (χ2n) is 4.88. The lowest BCUT2D eigenvalue weighted by Gasteiger charge is -2.16. The van der Waals surface area contributed by atoms with E-state index in [-0.39, 0.29) is 17.5 Å². The van der Waals surface area contributed by atoms with Gasteiger partial charge >= 0.3 is 5.69 Å². The van der Waals surface area contributed by atoms with Gasteiger partial charge in [0, 0.05) is 18.7 Å². The zero-order chi connectivity index (χ0) is 15.1. The van der Waals surface area contributed by atoms with E-state index in [0.717, 1.165) is 13.0 Å². The first kappa shape index (κ1) is 16.2. The summed E-state index contributed by atoms with van der Waals surface area (Å²) < 4.78 is 0. The molecule has 0 saturated carbocycles. The Bertz CT molecular complexity index is 451. The Balaban J connectivity index is 2.90. The van der Waals surface area contributed by atoms with Crippen LogP contribution in [0.15, 0.2) is 12.1 Å². The molecule has 1 aromatic rings. The maximum atomic E-state index is 11.0. The fraction of sp³-hybridized carbons (Fsp3) is 0.615. The summed E-state index contributed by atoms with van der Waals surface area (Å²) in [7, 11) is 0. The van der Waals surface area contributed by atoms with Crippen LogP contribution in [-0.2, 0) is 0 Å². The summed E-state index contributed by atoms with van der Waals surface area (Å²) in [5.74, 6) is 0.827. The highest BCUT2D eigenvalue weighted by Crippen LogP contribution is 2.25. The number of pyridine rings is 1. The molecule has 7 heteroatoms. The maximum Gasteiger partial charge on any atom is 0.311 e. The molecule has 0 amide bonds. The van der Waals surface area contributed by atoms with Crippen LogP contribution in [0, 0.1) is 10.1 Å². The molecule has 0 spiro atoms. The van der Waals surface area contributed by atoms with Gasteiger partial charge in [0.2, 0.25) is 5.82 Å². The van der Waals surface area contributed by atoms with Gasteiger partial charge in [-0.05, 0) is 32.8 Å². The monoisotopic (exact) mass is 282 g/mol. The van der Waals surface area contributed by atoms with Crippen LogP contribution in [-0.4, -0.2) is 33.7 Å². The molecule has 0 bridgehead atoms. The molecule has 7 nitrogen and oxygen atoms in total. The van der Waals surface area contributed by atoms with Crippen LogP contribution in [0.1, 0.15) is 33.6 Å². The minimum Gasteiger partial charge on any atom is -0.393 e. The van der Waals surface area contributed by atoms with Crippen LogP contribution in [0.4, 0.5) is 17.3 Å². The summed E-state index contributed by atoms with van der Waals surface area (Å²) >= 11 is 0. The molecule has 0 fully saturated rings. The van der Waals surface area contributed by atoms with Crippen LogP contribution in [0.3, 0.4) is 0 Å². The highest BCUT2D eigenvalue weighted by molar-refractivity contribution is 5.60. The second kappa shape index (κ2) is 7.64. The third kappa shape index (κ3) is 5.00. The average Bonchev–Trinajstić information content (AvgIpc) is 2.35. The van der Waals surface area contributed by atoms with Gasteiger partial charge < -0.3 is 15.7 Å². The highest BCUT2D eigenvalue weighted by Gasteiger charge is 2.18. The molecule has 0 aromatic carbocycles. The predicted molar refractivity (Wildman–Crippen MR) is 79.1 cm³/mol. The molecule has 1 aromatic heterocycles. The zero-order valence-corrected chi connectivity index (χ0v) is 12.1. The molecule has 2 unspecified atom stereocenters. The Morgan fingerprint density at radius 1 is 1.45 bits per heavy atom. The predicted octanol–water partition coefficient (Wildman–Crippen LogP) is 2.38. The van der Waals surface area contributed by atoms with Crippen molar-refractivity contribution < 1.29 is 10.0 Å². The number of nitrogens with one attached hydrogen (secondary N) is 2. The van der Waals surface area contributed by atoms with Gasteiger partial charge in [-0.25, -0.2) is 4.98 Å². The van der Waals surface area contributed by atoms with Crippen molar-refractivity contribution in [1.82, 2.24) is 4.98 Å². The summed E-state index contributed by atoms with van der Waals surface area (Å²) in [5.41, 5.74) is -0.0653. The quantitative estimate of drug-likeness (QED) is 0.500. The van der Waals surface area contributed by atoms with Crippen LogP contribution in [0.2, 0.25) is 0 Å². The summed E-state index contributed by atoms with van der Waals surface area (Å²) in [5, 5.41) is 26.4. The normalized spacial score (nSPS) is 13.6. The summed E-state index contributed by atoms with van der Waals surface area (Å²) in [6, 6.07) is 2.92. The van der Waals surface area contributed by atoms with Crippen LogP contribution in [0.5, 0.6) is 0 Å². The molecule has 0 aliphatic carbocycles. The molecule has 0 saturated heterocycles. The number of aliphatic hydroxyl groups excluding tert-OH is 1. The van der Waals surface area contributed by atoms with Crippen LogP contribution >= 0.6 is 0 Å². The van der Waals surface area contributed by atoms with Gasteiger partial charge in [-0.2, -0.15) is 0 Å².